The Labute approximate surface area is 131 Å². The number of anilines is 1. The third-order valence-electron chi connectivity index (χ3n) is 2.81. The minimum Gasteiger partial charge on any atom is -0.504 e. The second kappa shape index (κ2) is 6.70. The molecule has 8 nitrogen and oxygen atoms in total. The highest BCUT2D eigenvalue weighted by Crippen LogP contribution is 2.46. The fourth-order valence-corrected chi connectivity index (χ4v) is 2.28. The minimum atomic E-state index is -4.89. The summed E-state index contributed by atoms with van der Waals surface area (Å²) in [5, 5.41) is 12.6. The molecule has 0 radical (unpaired) electrons. The number of methoxy groups -OCH3 is 1. The van der Waals surface area contributed by atoms with E-state index >= 15 is 0 Å². The molecule has 0 aromatic heterocycles. The van der Waals surface area contributed by atoms with Gasteiger partial charge in [-0.05, 0) is 11.6 Å². The maximum absolute atomic E-state index is 11.3. The summed E-state index contributed by atoms with van der Waals surface area (Å²) in [5.74, 6) is -0.930. The van der Waals surface area contributed by atoms with Crippen LogP contribution >= 0.6 is 7.82 Å². The number of phenols is 1. The van der Waals surface area contributed by atoms with Crippen molar-refractivity contribution in [2.45, 2.75) is 0 Å². The lowest BCUT2D eigenvalue weighted by atomic mass is 10.0. The summed E-state index contributed by atoms with van der Waals surface area (Å²) in [5.41, 5.74) is 0.925. The summed E-state index contributed by atoms with van der Waals surface area (Å²) in [6, 6.07) is 11.1. The van der Waals surface area contributed by atoms with Crippen LogP contribution < -0.4 is 9.84 Å². The van der Waals surface area contributed by atoms with Crippen LogP contribution in [0.4, 0.5) is 10.5 Å². The van der Waals surface area contributed by atoms with Crippen LogP contribution in [0.3, 0.4) is 0 Å². The monoisotopic (exact) mass is 339 g/mol. The highest BCUT2D eigenvalue weighted by Gasteiger charge is 2.22. The van der Waals surface area contributed by atoms with Crippen LogP contribution in [0.1, 0.15) is 0 Å². The number of amides is 1. The lowest BCUT2D eigenvalue weighted by molar-refractivity contribution is 0.187. The number of phosphoric acid groups is 1. The van der Waals surface area contributed by atoms with Crippen molar-refractivity contribution in [2.75, 3.05) is 12.4 Å². The maximum atomic E-state index is 11.3. The van der Waals surface area contributed by atoms with Gasteiger partial charge in [0.05, 0.1) is 7.11 Å². The van der Waals surface area contributed by atoms with Crippen molar-refractivity contribution in [3.05, 3.63) is 42.5 Å². The maximum Gasteiger partial charge on any atom is 0.524 e. The Morgan fingerprint density at radius 3 is 2.39 bits per heavy atom. The molecule has 0 aliphatic carbocycles. The van der Waals surface area contributed by atoms with Gasteiger partial charge in [0, 0.05) is 17.3 Å². The average Bonchev–Trinajstić information content (AvgIpc) is 2.49. The molecular formula is C14H14NO7P. The molecule has 0 unspecified atom stereocenters. The predicted octanol–water partition coefficient (Wildman–Crippen LogP) is 2.71. The van der Waals surface area contributed by atoms with Gasteiger partial charge in [0.15, 0.2) is 11.5 Å². The average molecular weight is 339 g/mol. The van der Waals surface area contributed by atoms with Gasteiger partial charge in [-0.1, -0.05) is 30.3 Å². The van der Waals surface area contributed by atoms with Gasteiger partial charge in [0.25, 0.3) is 0 Å². The molecule has 23 heavy (non-hydrogen) atoms. The summed E-state index contributed by atoms with van der Waals surface area (Å²) in [7, 11) is -3.72. The van der Waals surface area contributed by atoms with Gasteiger partial charge in [0.2, 0.25) is 0 Å². The Bertz CT molecular complexity index is 757. The van der Waals surface area contributed by atoms with E-state index in [1.807, 2.05) is 0 Å². The number of carbonyl (C=O) groups is 1. The van der Waals surface area contributed by atoms with Crippen LogP contribution in [-0.4, -0.2) is 28.1 Å². The number of benzene rings is 2. The van der Waals surface area contributed by atoms with Gasteiger partial charge in [0.1, 0.15) is 0 Å². The zero-order valence-corrected chi connectivity index (χ0v) is 12.9. The first-order chi connectivity index (χ1) is 10.8. The predicted molar refractivity (Wildman–Crippen MR) is 82.2 cm³/mol. The molecule has 9 heteroatoms. The Morgan fingerprint density at radius 1 is 1.17 bits per heavy atom. The molecule has 0 aliphatic heterocycles. The molecule has 0 fully saturated rings. The molecule has 0 aliphatic rings. The van der Waals surface area contributed by atoms with Gasteiger partial charge >= 0.3 is 13.9 Å². The van der Waals surface area contributed by atoms with Crippen LogP contribution in [0.25, 0.3) is 11.1 Å². The molecule has 0 atom stereocenters. The number of phosphoric ester groups is 1. The molecule has 2 aromatic carbocycles. The van der Waals surface area contributed by atoms with Crippen LogP contribution in [-0.2, 0) is 9.30 Å². The molecule has 1 amide bonds. The van der Waals surface area contributed by atoms with Gasteiger partial charge in [-0.15, -0.1) is 0 Å². The topological polar surface area (TPSA) is 125 Å². The van der Waals surface area contributed by atoms with Crippen LogP contribution in [0.2, 0.25) is 0 Å². The summed E-state index contributed by atoms with van der Waals surface area (Å²) in [6.45, 7) is 0. The molecule has 4 N–H and O–H groups in total. The van der Waals surface area contributed by atoms with Crippen LogP contribution in [0.5, 0.6) is 11.5 Å². The molecular weight excluding hydrogens is 325 g/mol. The van der Waals surface area contributed by atoms with E-state index in [4.69, 9.17) is 9.79 Å². The molecule has 0 bridgehead atoms. The lowest BCUT2D eigenvalue weighted by Crippen LogP contribution is -2.11. The fourth-order valence-electron chi connectivity index (χ4n) is 1.88. The van der Waals surface area contributed by atoms with Crippen molar-refractivity contribution in [3.63, 3.8) is 0 Å². The summed E-state index contributed by atoms with van der Waals surface area (Å²) in [6.07, 6.45) is -0.781. The molecule has 0 spiro atoms. The number of aromatic hydroxyl groups is 1. The van der Waals surface area contributed by atoms with Gasteiger partial charge in [-0.25, -0.2) is 9.36 Å². The van der Waals surface area contributed by atoms with Crippen LogP contribution in [0, 0.1) is 0 Å². The Balaban J connectivity index is 2.56. The molecule has 2 aromatic rings. The van der Waals surface area contributed by atoms with E-state index in [0.717, 1.165) is 6.07 Å². The number of hydrogen-bond acceptors (Lipinski definition) is 5. The first-order valence-electron chi connectivity index (χ1n) is 6.32. The second-order valence-corrected chi connectivity index (χ2v) is 5.60. The molecule has 2 rings (SSSR count). The molecule has 0 saturated carbocycles. The number of hydrogen-bond donors (Lipinski definition) is 4. The first kappa shape index (κ1) is 16.8. The normalized spacial score (nSPS) is 10.9. The van der Waals surface area contributed by atoms with Crippen molar-refractivity contribution in [1.82, 2.24) is 0 Å². The van der Waals surface area contributed by atoms with E-state index in [9.17, 15) is 14.5 Å². The van der Waals surface area contributed by atoms with E-state index in [2.05, 4.69) is 14.6 Å². The second-order valence-electron chi connectivity index (χ2n) is 4.44. The number of carbonyl (C=O) groups excluding carboxylic acids is 1. The SMILES string of the molecule is COC(=O)Nc1cc(OP(=O)(O)O)c(O)c(-c2ccccc2)c1. The quantitative estimate of drug-likeness (QED) is 0.498. The van der Waals surface area contributed by atoms with E-state index in [1.54, 1.807) is 30.3 Å². The smallest absolute Gasteiger partial charge is 0.504 e. The first-order valence-corrected chi connectivity index (χ1v) is 7.86. The lowest BCUT2D eigenvalue weighted by Gasteiger charge is -2.14. The molecule has 0 heterocycles. The van der Waals surface area contributed by atoms with Gasteiger partial charge < -0.3 is 14.4 Å². The number of rotatable bonds is 4. The zero-order valence-electron chi connectivity index (χ0n) is 12.0. The van der Waals surface area contributed by atoms with E-state index < -0.39 is 25.4 Å². The summed E-state index contributed by atoms with van der Waals surface area (Å²) in [4.78, 5) is 29.2. The third kappa shape index (κ3) is 4.46. The van der Waals surface area contributed by atoms with Crippen molar-refractivity contribution in [1.29, 1.82) is 0 Å². The Morgan fingerprint density at radius 2 is 1.83 bits per heavy atom. The van der Waals surface area contributed by atoms with E-state index in [0.29, 0.717) is 5.56 Å². The highest BCUT2D eigenvalue weighted by molar-refractivity contribution is 7.46. The van der Waals surface area contributed by atoms with Gasteiger partial charge in [-0.2, -0.15) is 0 Å². The summed E-state index contributed by atoms with van der Waals surface area (Å²) >= 11 is 0. The molecule has 0 saturated heterocycles. The zero-order chi connectivity index (χ0) is 17.0. The van der Waals surface area contributed by atoms with Crippen molar-refractivity contribution < 1.29 is 33.5 Å². The summed E-state index contributed by atoms with van der Waals surface area (Å²) < 4.78 is 20.0. The van der Waals surface area contributed by atoms with E-state index in [1.165, 1.54) is 13.2 Å². The van der Waals surface area contributed by atoms with Gasteiger partial charge in [-0.3, -0.25) is 15.1 Å². The number of phenolic OH excluding ortho intramolecular Hbond substituents is 1. The Kier molecular flexibility index (Phi) is 4.90. The highest BCUT2D eigenvalue weighted by atomic mass is 31.2. The Hall–Kier alpha value is -2.54. The largest absolute Gasteiger partial charge is 0.524 e. The number of ether oxygens (including phenoxy) is 1. The van der Waals surface area contributed by atoms with Crippen molar-refractivity contribution in [3.8, 4) is 22.6 Å². The molecule has 122 valence electrons. The third-order valence-corrected chi connectivity index (χ3v) is 3.24. The number of nitrogens with one attached hydrogen (secondary N) is 1. The minimum absolute atomic E-state index is 0.136. The van der Waals surface area contributed by atoms with Crippen molar-refractivity contribution >= 4 is 19.6 Å². The standard InChI is InChI=1S/C14H14NO7P/c1-21-14(17)15-10-7-11(9-5-3-2-4-6-9)13(16)12(8-10)22-23(18,19)20/h2-8,16H,1H3,(H,15,17)(H2,18,19,20). The fraction of sp³-hybridized carbons (Fsp3) is 0.0714. The van der Waals surface area contributed by atoms with Crippen LogP contribution in [0.15, 0.2) is 42.5 Å². The van der Waals surface area contributed by atoms with E-state index in [-0.39, 0.29) is 11.3 Å². The van der Waals surface area contributed by atoms with Crippen molar-refractivity contribution in [2.24, 2.45) is 0 Å².